The van der Waals surface area contributed by atoms with Gasteiger partial charge in [0.15, 0.2) is 6.61 Å². The second-order valence-corrected chi connectivity index (χ2v) is 6.01. The molecule has 0 aromatic heterocycles. The Morgan fingerprint density at radius 3 is 2.88 bits per heavy atom. The van der Waals surface area contributed by atoms with Crippen LogP contribution in [0.3, 0.4) is 0 Å². The molecule has 2 aliphatic heterocycles. The van der Waals surface area contributed by atoms with Crippen LogP contribution in [-0.4, -0.2) is 55.5 Å². The lowest BCUT2D eigenvalue weighted by Gasteiger charge is -2.29. The topological polar surface area (TPSA) is 91.0 Å². The number of hydrogen-bond donors (Lipinski definition) is 2. The molecule has 0 aliphatic carbocycles. The lowest BCUT2D eigenvalue weighted by molar-refractivity contribution is -0.124. The zero-order valence-electron chi connectivity index (χ0n) is 14.4. The van der Waals surface area contributed by atoms with Gasteiger partial charge in [0.1, 0.15) is 11.8 Å². The lowest BCUT2D eigenvalue weighted by atomic mass is 10.2. The molecule has 2 heterocycles. The summed E-state index contributed by atoms with van der Waals surface area (Å²) in [7, 11) is 1.57. The summed E-state index contributed by atoms with van der Waals surface area (Å²) in [5.41, 5.74) is 1.26. The van der Waals surface area contributed by atoms with Crippen molar-refractivity contribution < 1.29 is 19.1 Å². The fourth-order valence-corrected chi connectivity index (χ4v) is 3.27. The summed E-state index contributed by atoms with van der Waals surface area (Å²) >= 11 is 0. The van der Waals surface area contributed by atoms with Crippen molar-refractivity contribution in [3.63, 3.8) is 0 Å². The molecule has 1 fully saturated rings. The van der Waals surface area contributed by atoms with Gasteiger partial charge >= 0.3 is 6.03 Å². The molecule has 0 saturated carbocycles. The Morgan fingerprint density at radius 2 is 2.16 bits per heavy atom. The Kier molecular flexibility index (Phi) is 4.78. The number of nitrogens with one attached hydrogen (secondary N) is 2. The Morgan fingerprint density at radius 1 is 1.36 bits per heavy atom. The van der Waals surface area contributed by atoms with Gasteiger partial charge in [-0.1, -0.05) is 0 Å². The smallest absolute Gasteiger partial charge is 0.322 e. The third-order valence-electron chi connectivity index (χ3n) is 4.53. The molecule has 1 aromatic carbocycles. The second-order valence-electron chi connectivity index (χ2n) is 6.01. The summed E-state index contributed by atoms with van der Waals surface area (Å²) in [6.45, 7) is 2.99. The van der Waals surface area contributed by atoms with E-state index in [0.29, 0.717) is 36.6 Å². The van der Waals surface area contributed by atoms with E-state index in [1.54, 1.807) is 35.0 Å². The number of benzene rings is 1. The molecule has 25 heavy (non-hydrogen) atoms. The van der Waals surface area contributed by atoms with Gasteiger partial charge in [-0.2, -0.15) is 0 Å². The molecule has 1 aromatic rings. The molecule has 0 radical (unpaired) electrons. The van der Waals surface area contributed by atoms with Gasteiger partial charge in [-0.15, -0.1) is 0 Å². The normalized spacial score (nSPS) is 19.3. The molecule has 1 atom stereocenters. The number of hydrogen-bond acceptors (Lipinski definition) is 4. The van der Waals surface area contributed by atoms with Gasteiger partial charge in [-0.25, -0.2) is 4.79 Å². The van der Waals surface area contributed by atoms with Gasteiger partial charge in [0.2, 0.25) is 5.91 Å². The van der Waals surface area contributed by atoms with Crippen LogP contribution in [-0.2, 0) is 9.59 Å². The van der Waals surface area contributed by atoms with Crippen LogP contribution in [0.5, 0.6) is 5.75 Å². The van der Waals surface area contributed by atoms with Crippen molar-refractivity contribution in [3.05, 3.63) is 18.2 Å². The molecule has 8 heteroatoms. The van der Waals surface area contributed by atoms with Crippen LogP contribution < -0.4 is 20.3 Å². The highest BCUT2D eigenvalue weighted by atomic mass is 16.5. The Balaban J connectivity index is 1.74. The summed E-state index contributed by atoms with van der Waals surface area (Å²) in [6.07, 6.45) is 1.46. The van der Waals surface area contributed by atoms with Gasteiger partial charge < -0.3 is 25.2 Å². The fourth-order valence-electron chi connectivity index (χ4n) is 3.27. The number of urea groups is 1. The third-order valence-corrected chi connectivity index (χ3v) is 4.53. The number of fused-ring (bicyclic) bond motifs is 1. The monoisotopic (exact) mass is 346 g/mol. The zero-order valence-corrected chi connectivity index (χ0v) is 14.4. The van der Waals surface area contributed by atoms with Gasteiger partial charge in [0.25, 0.3) is 5.91 Å². The maximum Gasteiger partial charge on any atom is 0.322 e. The number of rotatable bonds is 3. The second kappa shape index (κ2) is 7.00. The van der Waals surface area contributed by atoms with Crippen molar-refractivity contribution in [3.8, 4) is 5.75 Å². The summed E-state index contributed by atoms with van der Waals surface area (Å²) in [6, 6.07) is 4.43. The largest absolute Gasteiger partial charge is 0.481 e. The first-order valence-corrected chi connectivity index (χ1v) is 8.41. The van der Waals surface area contributed by atoms with Crippen LogP contribution in [0, 0.1) is 0 Å². The third kappa shape index (κ3) is 3.24. The molecule has 134 valence electrons. The molecule has 0 unspecified atom stereocenters. The minimum absolute atomic E-state index is 0.0108. The number of anilines is 2. The van der Waals surface area contributed by atoms with Crippen molar-refractivity contribution in [2.45, 2.75) is 25.8 Å². The van der Waals surface area contributed by atoms with Crippen molar-refractivity contribution in [2.24, 2.45) is 0 Å². The van der Waals surface area contributed by atoms with Crippen LogP contribution in [0.25, 0.3) is 0 Å². The van der Waals surface area contributed by atoms with Crippen LogP contribution >= 0.6 is 0 Å². The van der Waals surface area contributed by atoms with Gasteiger partial charge in [0.05, 0.1) is 5.69 Å². The molecule has 3 rings (SSSR count). The summed E-state index contributed by atoms with van der Waals surface area (Å²) < 4.78 is 5.47. The number of nitrogens with zero attached hydrogens (tertiary/aromatic N) is 2. The lowest BCUT2D eigenvalue weighted by Crippen LogP contribution is -2.46. The molecule has 2 aliphatic rings. The van der Waals surface area contributed by atoms with Crippen molar-refractivity contribution in [2.75, 3.05) is 37.0 Å². The highest BCUT2D eigenvalue weighted by Gasteiger charge is 2.33. The molecule has 4 amide bonds. The molecule has 2 N–H and O–H groups in total. The molecular weight excluding hydrogens is 324 g/mol. The van der Waals surface area contributed by atoms with Crippen LogP contribution in [0.15, 0.2) is 18.2 Å². The Labute approximate surface area is 146 Å². The first kappa shape index (κ1) is 17.1. The van der Waals surface area contributed by atoms with E-state index in [9.17, 15) is 14.4 Å². The average Bonchev–Trinajstić information content (AvgIpc) is 3.11. The molecular formula is C17H22N4O4. The first-order valence-electron chi connectivity index (χ1n) is 8.41. The highest BCUT2D eigenvalue weighted by Crippen LogP contribution is 2.34. The minimum Gasteiger partial charge on any atom is -0.481 e. The minimum atomic E-state index is -0.438. The predicted octanol–water partition coefficient (Wildman–Crippen LogP) is 1.17. The van der Waals surface area contributed by atoms with Crippen molar-refractivity contribution >= 4 is 29.2 Å². The number of carbonyl (C=O) groups excluding carboxylic acids is 3. The molecule has 0 bridgehead atoms. The van der Waals surface area contributed by atoms with E-state index in [-0.39, 0.29) is 24.5 Å². The summed E-state index contributed by atoms with van der Waals surface area (Å²) in [4.78, 5) is 39.4. The first-order chi connectivity index (χ1) is 12.0. The maximum atomic E-state index is 12.5. The van der Waals surface area contributed by atoms with E-state index in [4.69, 9.17) is 4.74 Å². The van der Waals surface area contributed by atoms with Crippen LogP contribution in [0.4, 0.5) is 16.2 Å². The van der Waals surface area contributed by atoms with Crippen LogP contribution in [0.2, 0.25) is 0 Å². The van der Waals surface area contributed by atoms with E-state index in [1.807, 2.05) is 6.92 Å². The number of likely N-dealkylation sites (tertiary alicyclic amines) is 1. The van der Waals surface area contributed by atoms with Crippen molar-refractivity contribution in [1.82, 2.24) is 10.2 Å². The predicted molar refractivity (Wildman–Crippen MR) is 92.8 cm³/mol. The molecule has 8 nitrogen and oxygen atoms in total. The Hall–Kier alpha value is -2.77. The fraction of sp³-hybridized carbons (Fsp3) is 0.471. The summed E-state index contributed by atoms with van der Waals surface area (Å²) in [5.74, 6) is 0.319. The van der Waals surface area contributed by atoms with Crippen molar-refractivity contribution in [1.29, 1.82) is 0 Å². The summed E-state index contributed by atoms with van der Waals surface area (Å²) in [5, 5.41) is 5.40. The standard InChI is InChI=1S/C17H22N4O4/c1-3-20-12-7-6-11(9-14(12)25-10-15(20)22)19-17(24)21-8-4-5-13(21)16(23)18-2/h6-7,9,13H,3-5,8,10H2,1-2H3,(H,18,23)(H,19,24)/t13-/m1/s1. The SMILES string of the molecule is CCN1C(=O)COc2cc(NC(=O)N3CCC[C@@H]3C(=O)NC)ccc21. The average molecular weight is 346 g/mol. The molecule has 1 saturated heterocycles. The number of amides is 4. The van der Waals surface area contributed by atoms with E-state index in [0.717, 1.165) is 6.42 Å². The van der Waals surface area contributed by atoms with E-state index < -0.39 is 6.04 Å². The maximum absolute atomic E-state index is 12.5. The van der Waals surface area contributed by atoms with Gasteiger partial charge in [0, 0.05) is 31.9 Å². The number of ether oxygens (including phenoxy) is 1. The van der Waals surface area contributed by atoms with E-state index >= 15 is 0 Å². The number of likely N-dealkylation sites (N-methyl/N-ethyl adjacent to an activating group) is 2. The number of carbonyl (C=O) groups is 3. The quantitative estimate of drug-likeness (QED) is 0.860. The van der Waals surface area contributed by atoms with Gasteiger partial charge in [-0.05, 0) is 31.9 Å². The van der Waals surface area contributed by atoms with E-state index in [1.165, 1.54) is 0 Å². The van der Waals surface area contributed by atoms with E-state index in [2.05, 4.69) is 10.6 Å². The van der Waals surface area contributed by atoms with Gasteiger partial charge in [-0.3, -0.25) is 9.59 Å². The highest BCUT2D eigenvalue weighted by molar-refractivity contribution is 5.99. The molecule has 0 spiro atoms. The van der Waals surface area contributed by atoms with Crippen LogP contribution in [0.1, 0.15) is 19.8 Å². The zero-order chi connectivity index (χ0) is 18.0. The Bertz CT molecular complexity index is 706.